The molecule has 0 atom stereocenters. The quantitative estimate of drug-likeness (QED) is 0.727. The highest BCUT2D eigenvalue weighted by atomic mass is 19.1. The molecule has 0 amide bonds. The van der Waals surface area contributed by atoms with Gasteiger partial charge in [0.2, 0.25) is 5.82 Å². The van der Waals surface area contributed by atoms with Crippen LogP contribution in [-0.2, 0) is 0 Å². The molecule has 0 aliphatic carbocycles. The van der Waals surface area contributed by atoms with Gasteiger partial charge in [-0.25, -0.2) is 9.37 Å². The normalized spacial score (nSPS) is 10.6. The van der Waals surface area contributed by atoms with E-state index in [9.17, 15) is 9.60 Å². The van der Waals surface area contributed by atoms with Gasteiger partial charge in [-0.15, -0.1) is 5.10 Å². The fourth-order valence-corrected chi connectivity index (χ4v) is 1.37. The number of nitrogens with zero attached hydrogens (tertiary/aromatic N) is 3. The van der Waals surface area contributed by atoms with E-state index >= 15 is 0 Å². The fraction of sp³-hybridized carbons (Fsp3) is 0.200. The zero-order valence-electron chi connectivity index (χ0n) is 8.40. The van der Waals surface area contributed by atoms with Gasteiger partial charge in [-0.2, -0.15) is 0 Å². The Labute approximate surface area is 86.0 Å². The standard InChI is InChI=1S/C10H10FN3O/c1-6-3-4-8(9(11)5-6)10-12-7(2)13-14(10)15/h3-5,15H,1-2H3. The van der Waals surface area contributed by atoms with Crippen LogP contribution in [0, 0.1) is 19.7 Å². The van der Waals surface area contributed by atoms with Crippen molar-refractivity contribution < 1.29 is 9.60 Å². The number of aryl methyl sites for hydroxylation is 2. The molecule has 78 valence electrons. The van der Waals surface area contributed by atoms with Crippen LogP contribution < -0.4 is 0 Å². The lowest BCUT2D eigenvalue weighted by molar-refractivity contribution is 0.151. The van der Waals surface area contributed by atoms with Crippen LogP contribution in [0.25, 0.3) is 11.4 Å². The Hall–Kier alpha value is -1.91. The Kier molecular flexibility index (Phi) is 2.15. The first-order valence-electron chi connectivity index (χ1n) is 4.47. The van der Waals surface area contributed by atoms with Crippen molar-refractivity contribution in [1.29, 1.82) is 0 Å². The topological polar surface area (TPSA) is 50.9 Å². The van der Waals surface area contributed by atoms with Crippen molar-refractivity contribution >= 4 is 0 Å². The minimum atomic E-state index is -0.419. The summed E-state index contributed by atoms with van der Waals surface area (Å²) in [5.41, 5.74) is 1.06. The highest BCUT2D eigenvalue weighted by molar-refractivity contribution is 5.56. The van der Waals surface area contributed by atoms with Crippen molar-refractivity contribution in [3.63, 3.8) is 0 Å². The average molecular weight is 207 g/mol. The van der Waals surface area contributed by atoms with Gasteiger partial charge in [0.15, 0.2) is 5.82 Å². The van der Waals surface area contributed by atoms with Crippen LogP contribution in [0.1, 0.15) is 11.4 Å². The van der Waals surface area contributed by atoms with E-state index in [0.717, 1.165) is 5.56 Å². The first kappa shape index (κ1) is 9.64. The van der Waals surface area contributed by atoms with Gasteiger partial charge in [-0.3, -0.25) is 0 Å². The SMILES string of the molecule is Cc1ccc(-c2nc(C)nn2O)c(F)c1. The molecule has 1 N–H and O–H groups in total. The third-order valence-electron chi connectivity index (χ3n) is 2.06. The first-order chi connectivity index (χ1) is 7.08. The Bertz CT molecular complexity index is 507. The van der Waals surface area contributed by atoms with Gasteiger partial charge in [-0.05, 0) is 31.5 Å². The lowest BCUT2D eigenvalue weighted by atomic mass is 10.1. The third kappa shape index (κ3) is 1.68. The van der Waals surface area contributed by atoms with Gasteiger partial charge in [0.1, 0.15) is 5.82 Å². The summed E-state index contributed by atoms with van der Waals surface area (Å²) in [5, 5.41) is 13.0. The summed E-state index contributed by atoms with van der Waals surface area (Å²) in [4.78, 5) is 4.52. The molecule has 4 nitrogen and oxygen atoms in total. The van der Waals surface area contributed by atoms with E-state index in [2.05, 4.69) is 10.1 Å². The van der Waals surface area contributed by atoms with Crippen LogP contribution in [0.4, 0.5) is 4.39 Å². The molecule has 1 aromatic heterocycles. The summed E-state index contributed by atoms with van der Waals surface area (Å²) < 4.78 is 13.5. The van der Waals surface area contributed by atoms with Crippen molar-refractivity contribution in [2.45, 2.75) is 13.8 Å². The maximum atomic E-state index is 13.5. The van der Waals surface area contributed by atoms with Gasteiger partial charge >= 0.3 is 0 Å². The molecule has 2 rings (SSSR count). The molecule has 0 saturated carbocycles. The molecular formula is C10H10FN3O. The largest absolute Gasteiger partial charge is 0.410 e. The van der Waals surface area contributed by atoms with E-state index < -0.39 is 5.82 Å². The van der Waals surface area contributed by atoms with Crippen molar-refractivity contribution in [1.82, 2.24) is 14.9 Å². The highest BCUT2D eigenvalue weighted by Crippen LogP contribution is 2.21. The van der Waals surface area contributed by atoms with Gasteiger partial charge < -0.3 is 5.21 Å². The minimum absolute atomic E-state index is 0.116. The predicted octanol–water partition coefficient (Wildman–Crippen LogP) is 1.94. The van der Waals surface area contributed by atoms with Gasteiger partial charge in [0, 0.05) is 0 Å². The van der Waals surface area contributed by atoms with E-state index in [1.54, 1.807) is 26.0 Å². The summed E-state index contributed by atoms with van der Waals surface area (Å²) >= 11 is 0. The smallest absolute Gasteiger partial charge is 0.201 e. The molecule has 0 bridgehead atoms. The van der Waals surface area contributed by atoms with E-state index in [1.807, 2.05) is 0 Å². The van der Waals surface area contributed by atoms with Crippen LogP contribution in [0.2, 0.25) is 0 Å². The average Bonchev–Trinajstić information content (AvgIpc) is 2.45. The molecule has 0 saturated heterocycles. The molecule has 0 fully saturated rings. The number of halogens is 1. The number of hydrogen-bond acceptors (Lipinski definition) is 3. The predicted molar refractivity (Wildman–Crippen MR) is 52.1 cm³/mol. The molecule has 0 aliphatic rings. The molecule has 0 unspecified atom stereocenters. The molecule has 2 aromatic rings. The summed E-state index contributed by atoms with van der Waals surface area (Å²) in [6, 6.07) is 4.71. The van der Waals surface area contributed by atoms with E-state index in [1.165, 1.54) is 6.07 Å². The van der Waals surface area contributed by atoms with E-state index in [4.69, 9.17) is 0 Å². The Balaban J connectivity index is 2.59. The monoisotopic (exact) mass is 207 g/mol. The number of aromatic nitrogens is 3. The maximum absolute atomic E-state index is 13.5. The van der Waals surface area contributed by atoms with Crippen molar-refractivity contribution in [2.24, 2.45) is 0 Å². The second-order valence-corrected chi connectivity index (χ2v) is 3.36. The molecule has 5 heteroatoms. The van der Waals surface area contributed by atoms with Gasteiger partial charge in [0.05, 0.1) is 5.56 Å². The molecule has 0 aliphatic heterocycles. The van der Waals surface area contributed by atoms with Gasteiger partial charge in [0.25, 0.3) is 0 Å². The molecule has 0 spiro atoms. The van der Waals surface area contributed by atoms with Crippen molar-refractivity contribution in [3.8, 4) is 11.4 Å². The van der Waals surface area contributed by atoms with Crippen molar-refractivity contribution in [2.75, 3.05) is 0 Å². The Morgan fingerprint density at radius 3 is 2.60 bits per heavy atom. The highest BCUT2D eigenvalue weighted by Gasteiger charge is 2.13. The second kappa shape index (κ2) is 3.34. The summed E-state index contributed by atoms with van der Waals surface area (Å²) in [6.07, 6.45) is 0. The summed E-state index contributed by atoms with van der Waals surface area (Å²) in [7, 11) is 0. The molecule has 0 radical (unpaired) electrons. The Morgan fingerprint density at radius 1 is 1.33 bits per heavy atom. The number of benzene rings is 1. The first-order valence-corrected chi connectivity index (χ1v) is 4.47. The maximum Gasteiger partial charge on any atom is 0.201 e. The minimum Gasteiger partial charge on any atom is -0.410 e. The van der Waals surface area contributed by atoms with Gasteiger partial charge in [-0.1, -0.05) is 10.9 Å². The molecule has 1 heterocycles. The van der Waals surface area contributed by atoms with Crippen molar-refractivity contribution in [3.05, 3.63) is 35.4 Å². The lowest BCUT2D eigenvalue weighted by Crippen LogP contribution is -1.98. The van der Waals surface area contributed by atoms with Crippen LogP contribution in [0.3, 0.4) is 0 Å². The lowest BCUT2D eigenvalue weighted by Gasteiger charge is -2.01. The zero-order valence-corrected chi connectivity index (χ0v) is 8.40. The summed E-state index contributed by atoms with van der Waals surface area (Å²) in [5.74, 6) is 0.0928. The Morgan fingerprint density at radius 2 is 2.07 bits per heavy atom. The fourth-order valence-electron chi connectivity index (χ4n) is 1.37. The van der Waals surface area contributed by atoms with Crippen LogP contribution >= 0.6 is 0 Å². The number of hydrogen-bond donors (Lipinski definition) is 1. The summed E-state index contributed by atoms with van der Waals surface area (Å²) in [6.45, 7) is 3.42. The number of rotatable bonds is 1. The van der Waals surface area contributed by atoms with E-state index in [-0.39, 0.29) is 11.4 Å². The zero-order chi connectivity index (χ0) is 11.0. The van der Waals surface area contributed by atoms with Crippen LogP contribution in [-0.4, -0.2) is 20.1 Å². The molecule has 15 heavy (non-hydrogen) atoms. The molecule has 1 aromatic carbocycles. The second-order valence-electron chi connectivity index (χ2n) is 3.36. The third-order valence-corrected chi connectivity index (χ3v) is 2.06. The van der Waals surface area contributed by atoms with Crippen LogP contribution in [0.15, 0.2) is 18.2 Å². The molecular weight excluding hydrogens is 197 g/mol. The van der Waals surface area contributed by atoms with Crippen LogP contribution in [0.5, 0.6) is 0 Å². The van der Waals surface area contributed by atoms with E-state index in [0.29, 0.717) is 10.7 Å².